The molecule has 0 saturated carbocycles. The molecule has 0 N–H and O–H groups in total. The van der Waals surface area contributed by atoms with Crippen LogP contribution in [0.15, 0.2) is 72.8 Å². The molecule has 0 saturated heterocycles. The zero-order valence-corrected chi connectivity index (χ0v) is 27.0. The van der Waals surface area contributed by atoms with Crippen molar-refractivity contribution in [1.82, 2.24) is 4.90 Å². The van der Waals surface area contributed by atoms with Crippen molar-refractivity contribution in [2.24, 2.45) is 0 Å². The number of quaternary nitrogens is 2. The molecule has 0 amide bonds. The van der Waals surface area contributed by atoms with E-state index in [0.29, 0.717) is 18.1 Å². The summed E-state index contributed by atoms with van der Waals surface area (Å²) in [5.41, 5.74) is 4.49. The third-order valence-corrected chi connectivity index (χ3v) is 15.6. The van der Waals surface area contributed by atoms with Crippen molar-refractivity contribution in [3.63, 3.8) is 0 Å². The summed E-state index contributed by atoms with van der Waals surface area (Å²) in [5.74, 6) is 0. The predicted molar refractivity (Wildman–Crippen MR) is 159 cm³/mol. The Labute approximate surface area is 228 Å². The van der Waals surface area contributed by atoms with E-state index >= 15 is 0 Å². The van der Waals surface area contributed by atoms with E-state index < -0.39 is 20.2 Å². The first-order valence-electron chi connectivity index (χ1n) is 13.1. The molecule has 4 heteroatoms. The third-order valence-electron chi connectivity index (χ3n) is 7.98. The Kier molecular flexibility index (Phi) is 9.16. The number of benzene rings is 3. The molecule has 3 nitrogen and oxygen atoms in total. The number of nitrogens with zero attached hydrogens (tertiary/aromatic N) is 3. The van der Waals surface area contributed by atoms with Gasteiger partial charge in [-0.25, -0.2) is 0 Å². The van der Waals surface area contributed by atoms with Gasteiger partial charge in [0.2, 0.25) is 0 Å². The number of hydrogen-bond acceptors (Lipinski definition) is 1. The van der Waals surface area contributed by atoms with Gasteiger partial charge in [-0.3, -0.25) is 0 Å². The van der Waals surface area contributed by atoms with Gasteiger partial charge in [0, 0.05) is 0 Å². The van der Waals surface area contributed by atoms with Crippen molar-refractivity contribution in [1.29, 1.82) is 0 Å². The Morgan fingerprint density at radius 3 is 1.17 bits per heavy atom. The molecule has 0 aliphatic rings. The van der Waals surface area contributed by atoms with Gasteiger partial charge in [-0.1, -0.05) is 0 Å². The van der Waals surface area contributed by atoms with Crippen molar-refractivity contribution in [2.75, 3.05) is 56.4 Å². The van der Waals surface area contributed by atoms with Gasteiger partial charge in [0.15, 0.2) is 0 Å². The first kappa shape index (κ1) is 28.9. The average molecular weight is 597 g/mol. The minimum absolute atomic E-state index is 0.360. The second-order valence-corrected chi connectivity index (χ2v) is 18.3. The van der Waals surface area contributed by atoms with Crippen molar-refractivity contribution in [2.45, 2.75) is 38.9 Å². The fourth-order valence-corrected chi connectivity index (χ4v) is 13.3. The third kappa shape index (κ3) is 6.25. The van der Waals surface area contributed by atoms with Crippen LogP contribution in [0.1, 0.15) is 55.6 Å². The second-order valence-electron chi connectivity index (χ2n) is 12.2. The van der Waals surface area contributed by atoms with E-state index in [9.17, 15) is 0 Å². The molecule has 3 atom stereocenters. The van der Waals surface area contributed by atoms with Gasteiger partial charge in [-0.2, -0.15) is 0 Å². The van der Waals surface area contributed by atoms with Gasteiger partial charge in [-0.05, 0) is 0 Å². The molecule has 0 bridgehead atoms. The number of hydrogen-bond donors (Lipinski definition) is 0. The topological polar surface area (TPSA) is 3.24 Å². The molecule has 0 aromatic heterocycles. The van der Waals surface area contributed by atoms with E-state index in [1.54, 1.807) is 10.5 Å². The summed E-state index contributed by atoms with van der Waals surface area (Å²) in [6, 6.07) is 29.2. The average Bonchev–Trinajstić information content (AvgIpc) is 2.82. The molecule has 3 rings (SSSR count). The van der Waals surface area contributed by atoms with Crippen LogP contribution in [-0.4, -0.2) is 90.5 Å². The Balaban J connectivity index is 2.41. The fraction of sp³-hybridized carbons (Fsp3) is 0.438. The second kappa shape index (κ2) is 11.4. The van der Waals surface area contributed by atoms with E-state index in [2.05, 4.69) is 155 Å². The van der Waals surface area contributed by atoms with E-state index in [1.165, 1.54) is 16.7 Å². The first-order chi connectivity index (χ1) is 16.7. The SMILES string of the molecule is C[C@@H](c1cccc[c]1[Sb]([c]1ccccc1[C@H](C)[N+](C)(C)C)[c]1ccccc1[C@H](C)[N+](C)(C)C)N(C)C. The van der Waals surface area contributed by atoms with Crippen LogP contribution in [0.4, 0.5) is 0 Å². The fourth-order valence-electron chi connectivity index (χ4n) is 4.64. The Morgan fingerprint density at radius 1 is 0.528 bits per heavy atom. The van der Waals surface area contributed by atoms with E-state index in [1.807, 2.05) is 0 Å². The molecule has 194 valence electrons. The van der Waals surface area contributed by atoms with Crippen LogP contribution in [0.5, 0.6) is 0 Å². The zero-order valence-electron chi connectivity index (χ0n) is 24.4. The van der Waals surface area contributed by atoms with Crippen LogP contribution >= 0.6 is 0 Å². The Bertz CT molecular complexity index is 1090. The van der Waals surface area contributed by atoms with E-state index in [-0.39, 0.29) is 0 Å². The quantitative estimate of drug-likeness (QED) is 0.262. The molecule has 0 aliphatic heterocycles. The summed E-state index contributed by atoms with van der Waals surface area (Å²) in [6.45, 7) is 7.14. The van der Waals surface area contributed by atoms with E-state index in [0.717, 1.165) is 8.97 Å². The summed E-state index contributed by atoms with van der Waals surface area (Å²) >= 11 is -2.46. The molecule has 0 spiro atoms. The van der Waals surface area contributed by atoms with Crippen molar-refractivity contribution >= 4 is 30.7 Å². The van der Waals surface area contributed by atoms with Crippen molar-refractivity contribution in [3.8, 4) is 0 Å². The summed E-state index contributed by atoms with van der Waals surface area (Å²) in [4.78, 5) is 2.35. The summed E-state index contributed by atoms with van der Waals surface area (Å²) in [5, 5.41) is 0. The predicted octanol–water partition coefficient (Wildman–Crippen LogP) is 4.36. The molecule has 3 aromatic carbocycles. The molecule has 0 radical (unpaired) electrons. The zero-order chi connectivity index (χ0) is 26.8. The molecule has 0 fully saturated rings. The van der Waals surface area contributed by atoms with Gasteiger partial charge in [-0.15, -0.1) is 0 Å². The van der Waals surface area contributed by atoms with Gasteiger partial charge in [0.05, 0.1) is 0 Å². The van der Waals surface area contributed by atoms with Crippen LogP contribution in [0, 0.1) is 0 Å². The van der Waals surface area contributed by atoms with Gasteiger partial charge >= 0.3 is 229 Å². The molecule has 0 aliphatic carbocycles. The minimum atomic E-state index is -2.46. The summed E-state index contributed by atoms with van der Waals surface area (Å²) < 4.78 is 6.61. The van der Waals surface area contributed by atoms with Crippen molar-refractivity contribution < 1.29 is 8.97 Å². The Morgan fingerprint density at radius 2 is 0.833 bits per heavy atom. The van der Waals surface area contributed by atoms with Crippen LogP contribution in [-0.2, 0) is 0 Å². The molecular formula is C32H48N3Sb+2. The van der Waals surface area contributed by atoms with Gasteiger partial charge < -0.3 is 0 Å². The molecular weight excluding hydrogens is 548 g/mol. The Hall–Kier alpha value is -1.64. The van der Waals surface area contributed by atoms with Gasteiger partial charge in [0.1, 0.15) is 0 Å². The first-order valence-corrected chi connectivity index (χ1v) is 16.9. The van der Waals surface area contributed by atoms with Crippen LogP contribution in [0.25, 0.3) is 0 Å². The molecule has 3 aromatic rings. The van der Waals surface area contributed by atoms with Crippen LogP contribution in [0.3, 0.4) is 0 Å². The summed E-state index contributed by atoms with van der Waals surface area (Å²) in [6.07, 6.45) is 0. The molecule has 0 heterocycles. The van der Waals surface area contributed by atoms with Gasteiger partial charge in [0.25, 0.3) is 0 Å². The number of rotatable bonds is 9. The normalized spacial score (nSPS) is 15.2. The maximum absolute atomic E-state index is 2.46. The van der Waals surface area contributed by atoms with Crippen molar-refractivity contribution in [3.05, 3.63) is 89.5 Å². The standard InChI is InChI=1S/2C11H17N.C10H14N.Sb/c2*1-10(12(2,3)4)11-8-6-5-7-9-11;1-9(11(2)3)10-7-5-4-6-8-10;/h2*5-8,10H,1-4H3;4-7,9H,1-3H3;/q2*+1;;/t2*10-;9-;/m000./s1. The summed E-state index contributed by atoms with van der Waals surface area (Å²) in [7, 11) is 18.3. The van der Waals surface area contributed by atoms with Crippen LogP contribution < -0.4 is 10.5 Å². The van der Waals surface area contributed by atoms with Crippen LogP contribution in [0.2, 0.25) is 0 Å². The molecule has 36 heavy (non-hydrogen) atoms. The van der Waals surface area contributed by atoms with E-state index in [4.69, 9.17) is 0 Å². The monoisotopic (exact) mass is 595 g/mol. The maximum atomic E-state index is 2.45. The molecule has 0 unspecified atom stereocenters.